The molecule has 0 aliphatic carbocycles. The first kappa shape index (κ1) is 14.4. The molecule has 0 aliphatic rings. The van der Waals surface area contributed by atoms with Crippen LogP contribution in [0.3, 0.4) is 0 Å². The van der Waals surface area contributed by atoms with E-state index in [9.17, 15) is 0 Å². The van der Waals surface area contributed by atoms with E-state index in [1.54, 1.807) is 26.4 Å². The van der Waals surface area contributed by atoms with Crippen molar-refractivity contribution in [3.05, 3.63) is 29.4 Å². The molecule has 0 saturated heterocycles. The lowest BCUT2D eigenvalue weighted by Crippen LogP contribution is -2.00. The number of rotatable bonds is 5. The molecule has 6 heteroatoms. The topological polar surface area (TPSA) is 53.5 Å². The molecule has 2 aromatic rings. The van der Waals surface area contributed by atoms with Crippen molar-refractivity contribution in [3.8, 4) is 28.8 Å². The summed E-state index contributed by atoms with van der Waals surface area (Å²) in [5, 5.41) is 0.309. The Kier molecular flexibility index (Phi) is 4.63. The van der Waals surface area contributed by atoms with Crippen molar-refractivity contribution in [2.24, 2.45) is 0 Å². The molecule has 5 nitrogen and oxygen atoms in total. The summed E-state index contributed by atoms with van der Waals surface area (Å²) in [6.07, 6.45) is 0. The van der Waals surface area contributed by atoms with Gasteiger partial charge in [-0.2, -0.15) is 4.98 Å². The first-order chi connectivity index (χ1) is 9.69. The molecule has 0 spiro atoms. The van der Waals surface area contributed by atoms with Crippen molar-refractivity contribution >= 4 is 11.6 Å². The van der Waals surface area contributed by atoms with E-state index >= 15 is 0 Å². The fourth-order valence-corrected chi connectivity index (χ4v) is 1.98. The van der Waals surface area contributed by atoms with Crippen LogP contribution in [0.15, 0.2) is 24.3 Å². The molecular formula is C14H15ClN2O3. The van der Waals surface area contributed by atoms with Crippen LogP contribution < -0.4 is 14.2 Å². The zero-order valence-electron chi connectivity index (χ0n) is 11.5. The number of methoxy groups -OCH3 is 2. The highest BCUT2D eigenvalue weighted by Crippen LogP contribution is 2.37. The number of para-hydroxylation sites is 1. The fourth-order valence-electron chi connectivity index (χ4n) is 1.80. The third-order valence-corrected chi connectivity index (χ3v) is 2.80. The third-order valence-electron chi connectivity index (χ3n) is 2.61. The van der Waals surface area contributed by atoms with Gasteiger partial charge in [0, 0.05) is 6.07 Å². The van der Waals surface area contributed by atoms with Gasteiger partial charge in [0.1, 0.15) is 5.15 Å². The summed E-state index contributed by atoms with van der Waals surface area (Å²) in [4.78, 5) is 8.53. The van der Waals surface area contributed by atoms with Crippen molar-refractivity contribution in [1.82, 2.24) is 9.97 Å². The smallest absolute Gasteiger partial charge is 0.218 e. The van der Waals surface area contributed by atoms with Gasteiger partial charge in [-0.3, -0.25) is 0 Å². The normalized spacial score (nSPS) is 10.2. The Morgan fingerprint density at radius 1 is 1.15 bits per heavy atom. The Morgan fingerprint density at radius 3 is 2.60 bits per heavy atom. The number of aromatic nitrogens is 2. The molecular weight excluding hydrogens is 280 g/mol. The van der Waals surface area contributed by atoms with Crippen LogP contribution >= 0.6 is 11.6 Å². The Labute approximate surface area is 122 Å². The summed E-state index contributed by atoms with van der Waals surface area (Å²) in [5.74, 6) is 2.01. The molecule has 0 unspecified atom stereocenters. The second-order valence-corrected chi connectivity index (χ2v) is 4.21. The quantitative estimate of drug-likeness (QED) is 0.793. The molecule has 0 atom stereocenters. The van der Waals surface area contributed by atoms with Crippen molar-refractivity contribution in [2.75, 3.05) is 20.8 Å². The number of ether oxygens (including phenoxy) is 3. The minimum atomic E-state index is 0.309. The van der Waals surface area contributed by atoms with Gasteiger partial charge in [-0.05, 0) is 19.1 Å². The number of hydrogen-bond donors (Lipinski definition) is 0. The van der Waals surface area contributed by atoms with Gasteiger partial charge >= 0.3 is 0 Å². The van der Waals surface area contributed by atoms with E-state index in [1.807, 2.05) is 19.1 Å². The van der Waals surface area contributed by atoms with E-state index in [0.29, 0.717) is 40.5 Å². The minimum absolute atomic E-state index is 0.309. The fraction of sp³-hybridized carbons (Fsp3) is 0.286. The number of halogens is 1. The maximum absolute atomic E-state index is 6.00. The highest BCUT2D eigenvalue weighted by molar-refractivity contribution is 6.29. The maximum Gasteiger partial charge on any atom is 0.218 e. The van der Waals surface area contributed by atoms with Crippen molar-refractivity contribution in [3.63, 3.8) is 0 Å². The monoisotopic (exact) mass is 294 g/mol. The highest BCUT2D eigenvalue weighted by Gasteiger charge is 2.15. The van der Waals surface area contributed by atoms with E-state index in [2.05, 4.69) is 9.97 Å². The second kappa shape index (κ2) is 6.43. The van der Waals surface area contributed by atoms with Gasteiger partial charge in [-0.25, -0.2) is 4.98 Å². The van der Waals surface area contributed by atoms with E-state index < -0.39 is 0 Å². The van der Waals surface area contributed by atoms with Gasteiger partial charge in [0.05, 0.1) is 26.4 Å². The zero-order chi connectivity index (χ0) is 14.5. The van der Waals surface area contributed by atoms with Crippen LogP contribution in [-0.4, -0.2) is 30.8 Å². The SMILES string of the molecule is CCOc1cc(Cl)nc(-c2cccc(OC)c2OC)n1. The van der Waals surface area contributed by atoms with Crippen LogP contribution in [0.25, 0.3) is 11.4 Å². The molecule has 0 bridgehead atoms. The molecule has 0 amide bonds. The van der Waals surface area contributed by atoms with Gasteiger partial charge in [-0.1, -0.05) is 17.7 Å². The van der Waals surface area contributed by atoms with E-state index in [1.165, 1.54) is 0 Å². The summed E-state index contributed by atoms with van der Waals surface area (Å²) in [5.41, 5.74) is 0.690. The summed E-state index contributed by atoms with van der Waals surface area (Å²) < 4.78 is 16.0. The zero-order valence-corrected chi connectivity index (χ0v) is 12.3. The van der Waals surface area contributed by atoms with Gasteiger partial charge in [0.2, 0.25) is 5.88 Å². The molecule has 0 saturated carbocycles. The number of hydrogen-bond acceptors (Lipinski definition) is 5. The largest absolute Gasteiger partial charge is 0.493 e. The Hall–Kier alpha value is -2.01. The lowest BCUT2D eigenvalue weighted by Gasteiger charge is -2.12. The Bertz CT molecular complexity index is 605. The van der Waals surface area contributed by atoms with Crippen LogP contribution in [0.5, 0.6) is 17.4 Å². The molecule has 1 aromatic heterocycles. The van der Waals surface area contributed by atoms with E-state index in [0.717, 1.165) is 0 Å². The standard InChI is InChI=1S/C14H15ClN2O3/c1-4-20-12-8-11(15)16-14(17-12)9-6-5-7-10(18-2)13(9)19-3/h5-8H,4H2,1-3H3. The first-order valence-corrected chi connectivity index (χ1v) is 6.46. The Morgan fingerprint density at radius 2 is 1.95 bits per heavy atom. The molecule has 1 heterocycles. The average molecular weight is 295 g/mol. The predicted molar refractivity (Wildman–Crippen MR) is 76.8 cm³/mol. The molecule has 0 radical (unpaired) electrons. The van der Waals surface area contributed by atoms with E-state index in [4.69, 9.17) is 25.8 Å². The first-order valence-electron chi connectivity index (χ1n) is 6.08. The molecule has 20 heavy (non-hydrogen) atoms. The van der Waals surface area contributed by atoms with Gasteiger partial charge in [0.15, 0.2) is 17.3 Å². The molecule has 0 fully saturated rings. The predicted octanol–water partition coefficient (Wildman–Crippen LogP) is 3.21. The molecule has 1 aromatic carbocycles. The van der Waals surface area contributed by atoms with Gasteiger partial charge in [-0.15, -0.1) is 0 Å². The average Bonchev–Trinajstić information content (AvgIpc) is 2.46. The minimum Gasteiger partial charge on any atom is -0.493 e. The number of benzene rings is 1. The summed E-state index contributed by atoms with van der Waals surface area (Å²) in [7, 11) is 3.14. The summed E-state index contributed by atoms with van der Waals surface area (Å²) in [6, 6.07) is 7.04. The molecule has 0 aliphatic heterocycles. The maximum atomic E-state index is 6.00. The van der Waals surface area contributed by atoms with Crippen molar-refractivity contribution in [1.29, 1.82) is 0 Å². The van der Waals surface area contributed by atoms with Gasteiger partial charge < -0.3 is 14.2 Å². The van der Waals surface area contributed by atoms with Crippen LogP contribution in [0.2, 0.25) is 5.15 Å². The lowest BCUT2D eigenvalue weighted by atomic mass is 10.1. The molecule has 0 N–H and O–H groups in total. The highest BCUT2D eigenvalue weighted by atomic mass is 35.5. The van der Waals surface area contributed by atoms with E-state index in [-0.39, 0.29) is 0 Å². The lowest BCUT2D eigenvalue weighted by molar-refractivity contribution is 0.326. The van der Waals surface area contributed by atoms with Crippen LogP contribution in [0, 0.1) is 0 Å². The van der Waals surface area contributed by atoms with Crippen molar-refractivity contribution in [2.45, 2.75) is 6.92 Å². The van der Waals surface area contributed by atoms with Crippen LogP contribution in [0.1, 0.15) is 6.92 Å². The summed E-state index contributed by atoms with van der Waals surface area (Å²) >= 11 is 6.00. The third kappa shape index (κ3) is 2.93. The molecule has 2 rings (SSSR count). The summed E-state index contributed by atoms with van der Waals surface area (Å²) in [6.45, 7) is 2.38. The van der Waals surface area contributed by atoms with Gasteiger partial charge in [0.25, 0.3) is 0 Å². The van der Waals surface area contributed by atoms with Crippen LogP contribution in [-0.2, 0) is 0 Å². The Balaban J connectivity index is 2.56. The van der Waals surface area contributed by atoms with Crippen molar-refractivity contribution < 1.29 is 14.2 Å². The molecule has 106 valence electrons. The van der Waals surface area contributed by atoms with Crippen LogP contribution in [0.4, 0.5) is 0 Å². The second-order valence-electron chi connectivity index (χ2n) is 3.83. The number of nitrogens with zero attached hydrogens (tertiary/aromatic N) is 2.